The molecule has 47 heavy (non-hydrogen) atoms. The second kappa shape index (κ2) is 14.0. The SMILES string of the molecule is C1=c2ccccc2=C(c2cccc3ccccc23)C(P(c2ccccc2)c2ccccc2)(P(c2ccccc2)c2ccccc2)C1.[Ru+2]. The van der Waals surface area contributed by atoms with Gasteiger partial charge in [0.05, 0.1) is 4.90 Å². The molecule has 0 atom stereocenters. The standard InChI is InChI=1S/C44H34P2.Ru/c1-5-21-36(22-6-1)45(37-23-7-2-8-24-37)44(46(38-25-9-3-10-26-38)39-27-11-4-12-28-39)33-32-35-19-14-16-30-41(35)43(44)42-31-17-20-34-18-13-15-29-40(34)42;/h1-32H,33H2;/q;+2. The summed E-state index contributed by atoms with van der Waals surface area (Å²) in [4.78, 5) is -0.269. The number of hydrogen-bond acceptors (Lipinski definition) is 0. The quantitative estimate of drug-likeness (QED) is 0.115. The van der Waals surface area contributed by atoms with Crippen LogP contribution >= 0.6 is 15.8 Å². The van der Waals surface area contributed by atoms with Crippen molar-refractivity contribution >= 4 is 59.5 Å². The van der Waals surface area contributed by atoms with Gasteiger partial charge in [0.25, 0.3) is 0 Å². The second-order valence-corrected chi connectivity index (χ2v) is 17.0. The third-order valence-electron chi connectivity index (χ3n) is 9.09. The Morgan fingerprint density at radius 2 is 0.830 bits per heavy atom. The Hall–Kier alpha value is -3.98. The molecule has 3 heteroatoms. The van der Waals surface area contributed by atoms with Gasteiger partial charge in [-0.25, -0.2) is 0 Å². The van der Waals surface area contributed by atoms with Crippen LogP contribution in [0.4, 0.5) is 0 Å². The molecular formula is C44H34P2Ru+2. The minimum atomic E-state index is -0.922. The van der Waals surface area contributed by atoms with Crippen molar-refractivity contribution < 1.29 is 19.5 Å². The molecule has 0 nitrogen and oxygen atoms in total. The zero-order chi connectivity index (χ0) is 30.8. The summed E-state index contributed by atoms with van der Waals surface area (Å²) in [5, 5.41) is 10.9. The zero-order valence-corrected chi connectivity index (χ0v) is 29.5. The maximum atomic E-state index is 2.55. The van der Waals surface area contributed by atoms with E-state index in [2.05, 4.69) is 194 Å². The summed E-state index contributed by atoms with van der Waals surface area (Å²) in [7, 11) is -1.84. The molecule has 1 aliphatic carbocycles. The van der Waals surface area contributed by atoms with Crippen LogP contribution in [0.2, 0.25) is 0 Å². The van der Waals surface area contributed by atoms with E-state index in [1.807, 2.05) is 0 Å². The van der Waals surface area contributed by atoms with Gasteiger partial charge in [-0.15, -0.1) is 0 Å². The van der Waals surface area contributed by atoms with Crippen molar-refractivity contribution in [3.63, 3.8) is 0 Å². The van der Waals surface area contributed by atoms with Gasteiger partial charge in [-0.3, -0.25) is 0 Å². The molecular weight excluding hydrogens is 692 g/mol. The van der Waals surface area contributed by atoms with Gasteiger partial charge in [-0.05, 0) is 75.8 Å². The fourth-order valence-corrected chi connectivity index (χ4v) is 15.1. The topological polar surface area (TPSA) is 0 Å². The van der Waals surface area contributed by atoms with E-state index in [4.69, 9.17) is 0 Å². The Morgan fingerprint density at radius 1 is 0.404 bits per heavy atom. The van der Waals surface area contributed by atoms with Crippen LogP contribution in [-0.2, 0) is 19.5 Å². The molecule has 8 rings (SSSR count). The van der Waals surface area contributed by atoms with Gasteiger partial charge in [0.15, 0.2) is 0 Å². The summed E-state index contributed by atoms with van der Waals surface area (Å²) >= 11 is 0. The van der Waals surface area contributed by atoms with Gasteiger partial charge in [-0.1, -0.05) is 194 Å². The first-order chi connectivity index (χ1) is 22.8. The average molecular weight is 726 g/mol. The molecule has 0 aromatic heterocycles. The van der Waals surface area contributed by atoms with Crippen molar-refractivity contribution in [2.24, 2.45) is 0 Å². The fraction of sp³-hybridized carbons (Fsp3) is 0.0455. The van der Waals surface area contributed by atoms with Crippen LogP contribution in [0.15, 0.2) is 188 Å². The number of benzene rings is 7. The van der Waals surface area contributed by atoms with Gasteiger partial charge < -0.3 is 0 Å². The molecule has 1 aliphatic rings. The van der Waals surface area contributed by atoms with Crippen LogP contribution < -0.4 is 31.7 Å². The smallest absolute Gasteiger partial charge is 0.0750 e. The van der Waals surface area contributed by atoms with Crippen molar-refractivity contribution in [3.05, 3.63) is 204 Å². The molecule has 0 saturated heterocycles. The Bertz CT molecular complexity index is 2070. The Morgan fingerprint density at radius 3 is 1.36 bits per heavy atom. The second-order valence-electron chi connectivity index (χ2n) is 11.7. The van der Waals surface area contributed by atoms with E-state index in [0.717, 1.165) is 6.42 Å². The normalized spacial score (nSPS) is 13.5. The molecule has 226 valence electrons. The molecule has 0 heterocycles. The fourth-order valence-electron chi connectivity index (χ4n) is 7.24. The minimum Gasteiger partial charge on any atom is -0.0750 e. The monoisotopic (exact) mass is 726 g/mol. The first-order valence-corrected chi connectivity index (χ1v) is 18.6. The molecule has 0 amide bonds. The van der Waals surface area contributed by atoms with Crippen molar-refractivity contribution in [1.82, 2.24) is 0 Å². The molecule has 7 aromatic carbocycles. The maximum Gasteiger partial charge on any atom is 2.00 e. The van der Waals surface area contributed by atoms with Gasteiger partial charge in [0.2, 0.25) is 0 Å². The largest absolute Gasteiger partial charge is 2.00 e. The molecule has 0 unspecified atom stereocenters. The number of rotatable bonds is 7. The van der Waals surface area contributed by atoms with Crippen molar-refractivity contribution in [1.29, 1.82) is 0 Å². The van der Waals surface area contributed by atoms with Gasteiger partial charge in [0, 0.05) is 0 Å². The molecule has 0 saturated carbocycles. The maximum absolute atomic E-state index is 2.55. The van der Waals surface area contributed by atoms with Gasteiger partial charge >= 0.3 is 19.5 Å². The summed E-state index contributed by atoms with van der Waals surface area (Å²) in [6.45, 7) is 0. The number of fused-ring (bicyclic) bond motifs is 2. The summed E-state index contributed by atoms with van der Waals surface area (Å²) < 4.78 is 0. The molecule has 0 aliphatic heterocycles. The first kappa shape index (κ1) is 31.6. The molecule has 0 N–H and O–H groups in total. The summed E-state index contributed by atoms with van der Waals surface area (Å²) in [5.74, 6) is 0. The third-order valence-corrected chi connectivity index (χ3v) is 15.8. The van der Waals surface area contributed by atoms with E-state index in [-0.39, 0.29) is 24.4 Å². The van der Waals surface area contributed by atoms with Crippen molar-refractivity contribution in [2.75, 3.05) is 0 Å². The van der Waals surface area contributed by atoms with Crippen molar-refractivity contribution in [2.45, 2.75) is 11.3 Å². The summed E-state index contributed by atoms with van der Waals surface area (Å²) in [5.41, 5.74) is 2.82. The van der Waals surface area contributed by atoms with Gasteiger partial charge in [0.1, 0.15) is 0 Å². The van der Waals surface area contributed by atoms with Gasteiger partial charge in [-0.2, -0.15) is 0 Å². The molecule has 7 aromatic rings. The van der Waals surface area contributed by atoms with E-state index in [1.165, 1.54) is 53.6 Å². The van der Waals surface area contributed by atoms with Crippen LogP contribution in [0.3, 0.4) is 0 Å². The van der Waals surface area contributed by atoms with E-state index in [9.17, 15) is 0 Å². The van der Waals surface area contributed by atoms with Crippen LogP contribution in [0.5, 0.6) is 0 Å². The molecule has 0 radical (unpaired) electrons. The molecule has 0 fully saturated rings. The third kappa shape index (κ3) is 5.77. The average Bonchev–Trinajstić information content (AvgIpc) is 3.13. The zero-order valence-electron chi connectivity index (χ0n) is 25.9. The summed E-state index contributed by atoms with van der Waals surface area (Å²) in [6.07, 6.45) is 3.49. The predicted molar refractivity (Wildman–Crippen MR) is 202 cm³/mol. The van der Waals surface area contributed by atoms with Crippen molar-refractivity contribution in [3.8, 4) is 0 Å². The Kier molecular flexibility index (Phi) is 9.43. The summed E-state index contributed by atoms with van der Waals surface area (Å²) in [6, 6.07) is 70.5. The first-order valence-electron chi connectivity index (χ1n) is 15.9. The van der Waals surface area contributed by atoms with Crippen LogP contribution in [0.1, 0.15) is 12.0 Å². The van der Waals surface area contributed by atoms with Crippen LogP contribution in [0, 0.1) is 0 Å². The Labute approximate surface area is 292 Å². The van der Waals surface area contributed by atoms with E-state index in [1.54, 1.807) is 0 Å². The molecule has 0 bridgehead atoms. The van der Waals surface area contributed by atoms with E-state index in [0.29, 0.717) is 0 Å². The van der Waals surface area contributed by atoms with Crippen LogP contribution in [0.25, 0.3) is 22.4 Å². The number of hydrogen-bond donors (Lipinski definition) is 0. The van der Waals surface area contributed by atoms with Crippen LogP contribution in [-0.4, -0.2) is 4.90 Å². The Balaban J connectivity index is 0.00000351. The minimum absolute atomic E-state index is 0. The molecule has 0 spiro atoms. The predicted octanol–water partition coefficient (Wildman–Crippen LogP) is 8.18. The van der Waals surface area contributed by atoms with E-state index >= 15 is 0 Å². The van der Waals surface area contributed by atoms with E-state index < -0.39 is 15.8 Å².